The third-order valence-corrected chi connectivity index (χ3v) is 8.06. The molecule has 3 fully saturated rings. The van der Waals surface area contributed by atoms with Crippen molar-refractivity contribution in [2.75, 3.05) is 6.54 Å². The molecule has 6 rings (SSSR count). The van der Waals surface area contributed by atoms with Gasteiger partial charge in [0, 0.05) is 31.2 Å². The highest BCUT2D eigenvalue weighted by Gasteiger charge is 2.60. The van der Waals surface area contributed by atoms with Gasteiger partial charge in [0.05, 0.1) is 23.4 Å². The summed E-state index contributed by atoms with van der Waals surface area (Å²) in [4.78, 5) is 28.2. The average molecular weight is 500 g/mol. The third-order valence-electron chi connectivity index (χ3n) is 8.06. The molecule has 0 spiro atoms. The number of ether oxygens (including phenoxy) is 1. The van der Waals surface area contributed by atoms with E-state index in [1.165, 1.54) is 18.2 Å². The fraction of sp³-hybridized carbons (Fsp3) is 0.462. The minimum atomic E-state index is -4.47. The van der Waals surface area contributed by atoms with Gasteiger partial charge in [-0.25, -0.2) is 19.3 Å². The van der Waals surface area contributed by atoms with Gasteiger partial charge < -0.3 is 9.64 Å². The van der Waals surface area contributed by atoms with Crippen molar-refractivity contribution in [2.45, 2.75) is 43.5 Å². The summed E-state index contributed by atoms with van der Waals surface area (Å²) < 4.78 is 59.1. The number of amides is 1. The molecule has 1 aliphatic heterocycles. The highest BCUT2D eigenvalue weighted by molar-refractivity contribution is 5.83. The Kier molecular flexibility index (Phi) is 5.57. The second kappa shape index (κ2) is 8.67. The first-order valence-electron chi connectivity index (χ1n) is 12.1. The maximum absolute atomic E-state index is 14.2. The lowest BCUT2D eigenvalue weighted by atomic mass is 9.58. The molecule has 4 aliphatic rings. The van der Waals surface area contributed by atoms with Gasteiger partial charge in [-0.3, -0.25) is 4.79 Å². The van der Waals surface area contributed by atoms with Crippen LogP contribution in [-0.4, -0.2) is 44.4 Å². The highest BCUT2D eigenvalue weighted by atomic mass is 19.4. The van der Waals surface area contributed by atoms with Crippen molar-refractivity contribution in [2.24, 2.45) is 23.7 Å². The number of alkyl halides is 3. The summed E-state index contributed by atoms with van der Waals surface area (Å²) in [6, 6.07) is 3.64. The van der Waals surface area contributed by atoms with Gasteiger partial charge in [-0.05, 0) is 61.3 Å². The molecule has 188 valence electrons. The SMILES string of the molecule is O=C(C1C=CC(F)=CC1c1ncccn1)N1CC2CC3CCC(Oc4ccc(C(F)(F)F)cn4)C1C32. The Hall–Kier alpha value is -3.30. The third kappa shape index (κ3) is 3.96. The van der Waals surface area contributed by atoms with Gasteiger partial charge in [0.25, 0.3) is 0 Å². The van der Waals surface area contributed by atoms with Crippen molar-refractivity contribution in [1.82, 2.24) is 19.9 Å². The lowest BCUT2D eigenvalue weighted by Crippen LogP contribution is -2.55. The Balaban J connectivity index is 1.26. The molecule has 2 saturated carbocycles. The minimum absolute atomic E-state index is 0.111. The van der Waals surface area contributed by atoms with Crippen LogP contribution in [0.25, 0.3) is 0 Å². The molecular formula is C26H24F4N4O2. The minimum Gasteiger partial charge on any atom is -0.472 e. The van der Waals surface area contributed by atoms with E-state index >= 15 is 0 Å². The molecule has 0 N–H and O–H groups in total. The van der Waals surface area contributed by atoms with Gasteiger partial charge in [-0.1, -0.05) is 6.08 Å². The van der Waals surface area contributed by atoms with Crippen LogP contribution in [0.2, 0.25) is 0 Å². The molecule has 2 aromatic heterocycles. The molecule has 7 unspecified atom stereocenters. The molecule has 0 radical (unpaired) electrons. The summed E-state index contributed by atoms with van der Waals surface area (Å²) in [5.74, 6) is -0.222. The van der Waals surface area contributed by atoms with Crippen molar-refractivity contribution in [1.29, 1.82) is 0 Å². The number of carbonyl (C=O) groups excluding carboxylic acids is 1. The van der Waals surface area contributed by atoms with E-state index in [9.17, 15) is 22.4 Å². The van der Waals surface area contributed by atoms with Crippen LogP contribution < -0.4 is 4.74 Å². The number of hydrogen-bond acceptors (Lipinski definition) is 5. The van der Waals surface area contributed by atoms with E-state index in [0.29, 0.717) is 30.6 Å². The van der Waals surface area contributed by atoms with Crippen LogP contribution in [0.5, 0.6) is 5.88 Å². The topological polar surface area (TPSA) is 68.2 Å². The van der Waals surface area contributed by atoms with Gasteiger partial charge in [-0.2, -0.15) is 13.2 Å². The van der Waals surface area contributed by atoms with Crippen molar-refractivity contribution in [3.05, 3.63) is 72.2 Å². The van der Waals surface area contributed by atoms with E-state index in [4.69, 9.17) is 4.74 Å². The number of aromatic nitrogens is 3. The second-order valence-corrected chi connectivity index (χ2v) is 10.0. The molecule has 7 atom stereocenters. The Bertz CT molecular complexity index is 1200. The van der Waals surface area contributed by atoms with E-state index in [-0.39, 0.29) is 29.9 Å². The number of likely N-dealkylation sites (tertiary alicyclic amines) is 1. The Labute approximate surface area is 205 Å². The zero-order valence-corrected chi connectivity index (χ0v) is 19.2. The molecule has 36 heavy (non-hydrogen) atoms. The van der Waals surface area contributed by atoms with Crippen molar-refractivity contribution in [3.63, 3.8) is 0 Å². The van der Waals surface area contributed by atoms with Crippen LogP contribution in [-0.2, 0) is 11.0 Å². The monoisotopic (exact) mass is 500 g/mol. The molecule has 3 heterocycles. The summed E-state index contributed by atoms with van der Waals surface area (Å²) in [5, 5.41) is 0. The first-order valence-corrected chi connectivity index (χ1v) is 12.1. The summed E-state index contributed by atoms with van der Waals surface area (Å²) in [7, 11) is 0. The predicted octanol–water partition coefficient (Wildman–Crippen LogP) is 4.72. The predicted molar refractivity (Wildman–Crippen MR) is 120 cm³/mol. The van der Waals surface area contributed by atoms with Crippen molar-refractivity contribution >= 4 is 5.91 Å². The maximum atomic E-state index is 14.2. The highest BCUT2D eigenvalue weighted by Crippen LogP contribution is 2.56. The quantitative estimate of drug-likeness (QED) is 0.569. The lowest BCUT2D eigenvalue weighted by Gasteiger charge is -2.49. The summed E-state index contributed by atoms with van der Waals surface area (Å²) >= 11 is 0. The van der Waals surface area contributed by atoms with Crippen LogP contribution in [0.3, 0.4) is 0 Å². The molecule has 1 amide bonds. The normalized spacial score (nSPS) is 32.9. The first kappa shape index (κ1) is 23.1. The lowest BCUT2D eigenvalue weighted by molar-refractivity contribution is -0.140. The molecule has 10 heteroatoms. The van der Waals surface area contributed by atoms with Crippen LogP contribution in [0.1, 0.15) is 36.6 Å². The fourth-order valence-corrected chi connectivity index (χ4v) is 6.47. The van der Waals surface area contributed by atoms with Gasteiger partial charge in [0.2, 0.25) is 11.8 Å². The molecule has 0 bridgehead atoms. The summed E-state index contributed by atoms with van der Waals surface area (Å²) in [6.07, 6.45) is 5.99. The Morgan fingerprint density at radius 1 is 1.08 bits per heavy atom. The van der Waals surface area contributed by atoms with Crippen LogP contribution in [0, 0.1) is 23.7 Å². The van der Waals surface area contributed by atoms with E-state index < -0.39 is 29.4 Å². The first-order chi connectivity index (χ1) is 17.3. The number of allylic oxidation sites excluding steroid dienone is 3. The van der Waals surface area contributed by atoms with E-state index in [2.05, 4.69) is 15.0 Å². The number of rotatable bonds is 4. The van der Waals surface area contributed by atoms with Crippen LogP contribution in [0.15, 0.2) is 60.8 Å². The van der Waals surface area contributed by atoms with Gasteiger partial charge in [0.15, 0.2) is 0 Å². The molecule has 0 aromatic carbocycles. The number of carbonyl (C=O) groups is 1. The zero-order valence-electron chi connectivity index (χ0n) is 19.2. The van der Waals surface area contributed by atoms with Gasteiger partial charge >= 0.3 is 6.18 Å². The number of nitrogens with zero attached hydrogens (tertiary/aromatic N) is 4. The van der Waals surface area contributed by atoms with Crippen LogP contribution >= 0.6 is 0 Å². The van der Waals surface area contributed by atoms with Crippen LogP contribution in [0.4, 0.5) is 17.6 Å². The Morgan fingerprint density at radius 2 is 1.89 bits per heavy atom. The van der Waals surface area contributed by atoms with E-state index in [0.717, 1.165) is 25.1 Å². The van der Waals surface area contributed by atoms with Crippen molar-refractivity contribution in [3.8, 4) is 5.88 Å². The van der Waals surface area contributed by atoms with Crippen molar-refractivity contribution < 1.29 is 27.1 Å². The molecule has 1 saturated heterocycles. The number of hydrogen-bond donors (Lipinski definition) is 0. The molecular weight excluding hydrogens is 476 g/mol. The zero-order chi connectivity index (χ0) is 25.0. The summed E-state index contributed by atoms with van der Waals surface area (Å²) in [5.41, 5.74) is -0.839. The smallest absolute Gasteiger partial charge is 0.417 e. The largest absolute Gasteiger partial charge is 0.472 e. The fourth-order valence-electron chi connectivity index (χ4n) is 6.47. The Morgan fingerprint density at radius 3 is 2.61 bits per heavy atom. The molecule has 3 aliphatic carbocycles. The molecule has 2 aromatic rings. The van der Waals surface area contributed by atoms with Gasteiger partial charge in [0.1, 0.15) is 17.8 Å². The van der Waals surface area contributed by atoms with E-state index in [1.54, 1.807) is 24.5 Å². The summed E-state index contributed by atoms with van der Waals surface area (Å²) in [6.45, 7) is 0.587. The van der Waals surface area contributed by atoms with Gasteiger partial charge in [-0.15, -0.1) is 0 Å². The number of pyridine rings is 1. The second-order valence-electron chi connectivity index (χ2n) is 10.0. The number of halogens is 4. The molecule has 6 nitrogen and oxygen atoms in total. The standard InChI is InChI=1S/C26H24F4N4O2/c27-17-4-5-18(19(11-17)24-31-8-1-9-32-24)25(35)34-13-15-10-14-2-6-20(23(34)22(14)15)36-21-7-3-16(12-33-21)26(28,29)30/h1,3-5,7-9,11-12,14-15,18-20,22-23H,2,6,10,13H2. The van der Waals surface area contributed by atoms with E-state index in [1.807, 2.05) is 4.90 Å². The maximum Gasteiger partial charge on any atom is 0.417 e. The average Bonchev–Trinajstić information content (AvgIpc) is 3.20.